The summed E-state index contributed by atoms with van der Waals surface area (Å²) < 4.78 is 0. The van der Waals surface area contributed by atoms with Crippen LogP contribution in [0.5, 0.6) is 0 Å². The number of rotatable bonds is 11. The standard InChI is InChI=1S/C21H41NO/c1-7-11-15-21(6,10-4)18(22-16-12-13-19(22)23)17-20(5,9-3)14-8-2/h18H,7-17H2,1-6H3. The lowest BCUT2D eigenvalue weighted by Gasteiger charge is -2.47. The zero-order valence-electron chi connectivity index (χ0n) is 16.7. The molecule has 23 heavy (non-hydrogen) atoms. The number of unbranched alkanes of at least 4 members (excludes halogenated alkanes) is 1. The van der Waals surface area contributed by atoms with Crippen LogP contribution >= 0.6 is 0 Å². The van der Waals surface area contributed by atoms with Gasteiger partial charge in [0.1, 0.15) is 0 Å². The van der Waals surface area contributed by atoms with E-state index in [4.69, 9.17) is 0 Å². The highest BCUT2D eigenvalue weighted by Crippen LogP contribution is 2.44. The van der Waals surface area contributed by atoms with Gasteiger partial charge < -0.3 is 4.90 Å². The minimum absolute atomic E-state index is 0.264. The molecule has 0 N–H and O–H groups in total. The Balaban J connectivity index is 3.07. The highest BCUT2D eigenvalue weighted by molar-refractivity contribution is 5.78. The maximum absolute atomic E-state index is 12.5. The molecule has 1 aliphatic rings. The van der Waals surface area contributed by atoms with Crippen LogP contribution in [-0.2, 0) is 4.79 Å². The Bertz CT molecular complexity index is 367. The molecule has 136 valence electrons. The predicted molar refractivity (Wildman–Crippen MR) is 101 cm³/mol. The third kappa shape index (κ3) is 5.22. The van der Waals surface area contributed by atoms with Crippen LogP contribution in [0.2, 0.25) is 0 Å². The zero-order valence-corrected chi connectivity index (χ0v) is 16.7. The van der Waals surface area contributed by atoms with E-state index in [1.807, 2.05) is 0 Å². The zero-order chi connectivity index (χ0) is 17.5. The van der Waals surface area contributed by atoms with E-state index in [-0.39, 0.29) is 5.41 Å². The van der Waals surface area contributed by atoms with Gasteiger partial charge in [0.15, 0.2) is 0 Å². The van der Waals surface area contributed by atoms with Gasteiger partial charge in [0, 0.05) is 19.0 Å². The fourth-order valence-corrected chi connectivity index (χ4v) is 4.38. The minimum atomic E-state index is 0.264. The second kappa shape index (κ2) is 9.08. The van der Waals surface area contributed by atoms with Crippen molar-refractivity contribution < 1.29 is 4.79 Å². The predicted octanol–water partition coefficient (Wildman–Crippen LogP) is 6.19. The molecule has 2 heteroatoms. The molecule has 0 aromatic carbocycles. The molecule has 3 atom stereocenters. The van der Waals surface area contributed by atoms with Crippen LogP contribution in [0.25, 0.3) is 0 Å². The summed E-state index contributed by atoms with van der Waals surface area (Å²) in [7, 11) is 0. The Morgan fingerprint density at radius 2 is 1.74 bits per heavy atom. The number of hydrogen-bond acceptors (Lipinski definition) is 1. The molecule has 0 bridgehead atoms. The van der Waals surface area contributed by atoms with Gasteiger partial charge in [-0.1, -0.05) is 67.2 Å². The summed E-state index contributed by atoms with van der Waals surface area (Å²) in [5, 5.41) is 0. The van der Waals surface area contributed by atoms with E-state index in [0.717, 1.165) is 19.4 Å². The van der Waals surface area contributed by atoms with Crippen molar-refractivity contribution in [1.29, 1.82) is 0 Å². The Morgan fingerprint density at radius 3 is 2.17 bits per heavy atom. The molecule has 0 aromatic heterocycles. The number of amides is 1. The Hall–Kier alpha value is -0.530. The topological polar surface area (TPSA) is 20.3 Å². The molecule has 0 radical (unpaired) electrons. The smallest absolute Gasteiger partial charge is 0.222 e. The van der Waals surface area contributed by atoms with Gasteiger partial charge in [-0.05, 0) is 42.9 Å². The van der Waals surface area contributed by atoms with Gasteiger partial charge >= 0.3 is 0 Å². The first-order valence-electron chi connectivity index (χ1n) is 10.1. The highest BCUT2D eigenvalue weighted by Gasteiger charge is 2.42. The van der Waals surface area contributed by atoms with Crippen molar-refractivity contribution >= 4 is 5.91 Å². The van der Waals surface area contributed by atoms with Crippen LogP contribution in [0, 0.1) is 10.8 Å². The van der Waals surface area contributed by atoms with Gasteiger partial charge in [-0.15, -0.1) is 0 Å². The van der Waals surface area contributed by atoms with Crippen LogP contribution < -0.4 is 0 Å². The summed E-state index contributed by atoms with van der Waals surface area (Å²) >= 11 is 0. The van der Waals surface area contributed by atoms with Gasteiger partial charge in [-0.25, -0.2) is 0 Å². The average molecular weight is 324 g/mol. The molecule has 1 fully saturated rings. The van der Waals surface area contributed by atoms with E-state index in [1.165, 1.54) is 51.4 Å². The molecule has 1 heterocycles. The Morgan fingerprint density at radius 1 is 1.04 bits per heavy atom. The SMILES string of the molecule is CCCCC(C)(CC)C(CC(C)(CC)CCC)N1CCCC1=O. The third-order valence-electron chi connectivity index (χ3n) is 6.59. The molecule has 0 aromatic rings. The second-order valence-electron chi connectivity index (χ2n) is 8.44. The maximum Gasteiger partial charge on any atom is 0.222 e. The van der Waals surface area contributed by atoms with Gasteiger partial charge in [-0.2, -0.15) is 0 Å². The molecule has 1 amide bonds. The number of carbonyl (C=O) groups is 1. The van der Waals surface area contributed by atoms with Gasteiger partial charge in [-0.3, -0.25) is 4.79 Å². The summed E-state index contributed by atoms with van der Waals surface area (Å²) in [6, 6.07) is 0.422. The first-order valence-corrected chi connectivity index (χ1v) is 10.1. The fourth-order valence-electron chi connectivity index (χ4n) is 4.38. The van der Waals surface area contributed by atoms with Crippen molar-refractivity contribution in [3.05, 3.63) is 0 Å². The summed E-state index contributed by atoms with van der Waals surface area (Å²) in [5.74, 6) is 0.404. The molecule has 0 spiro atoms. The minimum Gasteiger partial charge on any atom is -0.339 e. The van der Waals surface area contributed by atoms with Crippen LogP contribution in [0.1, 0.15) is 106 Å². The van der Waals surface area contributed by atoms with Crippen molar-refractivity contribution in [3.8, 4) is 0 Å². The Kier molecular flexibility index (Phi) is 8.10. The largest absolute Gasteiger partial charge is 0.339 e. The van der Waals surface area contributed by atoms with Crippen LogP contribution in [0.4, 0.5) is 0 Å². The van der Waals surface area contributed by atoms with E-state index in [9.17, 15) is 4.79 Å². The highest BCUT2D eigenvalue weighted by atomic mass is 16.2. The lowest BCUT2D eigenvalue weighted by molar-refractivity contribution is -0.133. The van der Waals surface area contributed by atoms with Crippen molar-refractivity contribution in [3.63, 3.8) is 0 Å². The number of hydrogen-bond donors (Lipinski definition) is 0. The van der Waals surface area contributed by atoms with Crippen molar-refractivity contribution in [1.82, 2.24) is 4.90 Å². The summed E-state index contributed by atoms with van der Waals surface area (Å²) in [6.07, 6.45) is 11.7. The third-order valence-corrected chi connectivity index (χ3v) is 6.59. The molecule has 1 rings (SSSR count). The molecule has 0 aliphatic carbocycles. The number of nitrogens with zero attached hydrogens (tertiary/aromatic N) is 1. The van der Waals surface area contributed by atoms with E-state index in [2.05, 4.69) is 46.4 Å². The van der Waals surface area contributed by atoms with E-state index >= 15 is 0 Å². The van der Waals surface area contributed by atoms with Crippen molar-refractivity contribution in [2.45, 2.75) is 112 Å². The lowest BCUT2D eigenvalue weighted by Crippen LogP contribution is -2.49. The monoisotopic (exact) mass is 323 g/mol. The summed E-state index contributed by atoms with van der Waals surface area (Å²) in [6.45, 7) is 15.1. The number of likely N-dealkylation sites (tertiary alicyclic amines) is 1. The normalized spacial score (nSPS) is 22.0. The first-order chi connectivity index (χ1) is 10.9. The quantitative estimate of drug-likeness (QED) is 0.444. The van der Waals surface area contributed by atoms with Crippen molar-refractivity contribution in [2.75, 3.05) is 6.54 Å². The van der Waals surface area contributed by atoms with Gasteiger partial charge in [0.25, 0.3) is 0 Å². The second-order valence-corrected chi connectivity index (χ2v) is 8.44. The molecular weight excluding hydrogens is 282 g/mol. The van der Waals surface area contributed by atoms with E-state index in [0.29, 0.717) is 17.4 Å². The molecule has 3 unspecified atom stereocenters. The molecule has 2 nitrogen and oxygen atoms in total. The molecule has 1 aliphatic heterocycles. The summed E-state index contributed by atoms with van der Waals surface area (Å²) in [5.41, 5.74) is 0.630. The maximum atomic E-state index is 12.5. The van der Waals surface area contributed by atoms with E-state index in [1.54, 1.807) is 0 Å². The number of carbonyl (C=O) groups excluding carboxylic acids is 1. The Labute approximate surface area is 145 Å². The fraction of sp³-hybridized carbons (Fsp3) is 0.952. The lowest BCUT2D eigenvalue weighted by atomic mass is 9.67. The van der Waals surface area contributed by atoms with Crippen LogP contribution in [0.15, 0.2) is 0 Å². The molecule has 1 saturated heterocycles. The molecular formula is C21H41NO. The van der Waals surface area contributed by atoms with Crippen LogP contribution in [-0.4, -0.2) is 23.4 Å². The van der Waals surface area contributed by atoms with E-state index < -0.39 is 0 Å². The molecule has 0 saturated carbocycles. The van der Waals surface area contributed by atoms with Crippen molar-refractivity contribution in [2.24, 2.45) is 10.8 Å². The van der Waals surface area contributed by atoms with Gasteiger partial charge in [0.2, 0.25) is 5.91 Å². The van der Waals surface area contributed by atoms with Crippen LogP contribution in [0.3, 0.4) is 0 Å². The van der Waals surface area contributed by atoms with Gasteiger partial charge in [0.05, 0.1) is 0 Å². The first kappa shape index (κ1) is 20.5. The average Bonchev–Trinajstić information content (AvgIpc) is 2.96. The summed E-state index contributed by atoms with van der Waals surface area (Å²) in [4.78, 5) is 14.8.